The standard InChI is InChI=1S/C19H16FN3O2/c20-16-9-5-4-8-15(16)19-21-18(22-25-19)14-10-17(24)23(12-14)11-13-6-2-1-3-7-13/h1-9,14H,10-12H2/t14-/m0/s1. The van der Waals surface area contributed by atoms with Gasteiger partial charge in [-0.15, -0.1) is 0 Å². The van der Waals surface area contributed by atoms with Crippen LogP contribution in [0.15, 0.2) is 59.1 Å². The van der Waals surface area contributed by atoms with E-state index in [1.54, 1.807) is 23.1 Å². The Kier molecular flexibility index (Phi) is 4.01. The second-order valence-electron chi connectivity index (χ2n) is 6.10. The van der Waals surface area contributed by atoms with Gasteiger partial charge in [0.15, 0.2) is 5.82 Å². The Morgan fingerprint density at radius 2 is 1.88 bits per heavy atom. The molecule has 4 rings (SSSR count). The molecular weight excluding hydrogens is 321 g/mol. The highest BCUT2D eigenvalue weighted by Crippen LogP contribution is 2.29. The van der Waals surface area contributed by atoms with Crippen molar-refractivity contribution in [2.75, 3.05) is 6.54 Å². The molecule has 1 atom stereocenters. The van der Waals surface area contributed by atoms with Gasteiger partial charge >= 0.3 is 0 Å². The van der Waals surface area contributed by atoms with Crippen LogP contribution in [0.5, 0.6) is 0 Å². The Hall–Kier alpha value is -3.02. The van der Waals surface area contributed by atoms with E-state index >= 15 is 0 Å². The van der Waals surface area contributed by atoms with Crippen molar-refractivity contribution < 1.29 is 13.7 Å². The smallest absolute Gasteiger partial charge is 0.260 e. The number of likely N-dealkylation sites (tertiary alicyclic amines) is 1. The Morgan fingerprint density at radius 1 is 1.12 bits per heavy atom. The number of amides is 1. The van der Waals surface area contributed by atoms with E-state index in [1.165, 1.54) is 6.07 Å². The third-order valence-electron chi connectivity index (χ3n) is 4.34. The summed E-state index contributed by atoms with van der Waals surface area (Å²) in [5.41, 5.74) is 1.35. The topological polar surface area (TPSA) is 59.2 Å². The molecule has 0 bridgehead atoms. The number of nitrogens with zero attached hydrogens (tertiary/aromatic N) is 3. The minimum absolute atomic E-state index is 0.0612. The minimum Gasteiger partial charge on any atom is -0.338 e. The van der Waals surface area contributed by atoms with Gasteiger partial charge in [-0.2, -0.15) is 4.98 Å². The van der Waals surface area contributed by atoms with Crippen LogP contribution in [-0.4, -0.2) is 27.5 Å². The third kappa shape index (κ3) is 3.15. The van der Waals surface area contributed by atoms with Crippen molar-refractivity contribution in [1.29, 1.82) is 0 Å². The van der Waals surface area contributed by atoms with Gasteiger partial charge in [-0.3, -0.25) is 4.79 Å². The van der Waals surface area contributed by atoms with Crippen LogP contribution in [0.3, 0.4) is 0 Å². The van der Waals surface area contributed by atoms with E-state index in [0.29, 0.717) is 25.3 Å². The Balaban J connectivity index is 1.50. The first-order valence-electron chi connectivity index (χ1n) is 8.11. The van der Waals surface area contributed by atoms with E-state index in [4.69, 9.17) is 4.52 Å². The van der Waals surface area contributed by atoms with Gasteiger partial charge < -0.3 is 9.42 Å². The first-order valence-corrected chi connectivity index (χ1v) is 8.11. The lowest BCUT2D eigenvalue weighted by atomic mass is 10.1. The molecule has 1 amide bonds. The number of carbonyl (C=O) groups excluding carboxylic acids is 1. The van der Waals surface area contributed by atoms with Gasteiger partial charge in [-0.1, -0.05) is 47.6 Å². The minimum atomic E-state index is -0.411. The zero-order chi connectivity index (χ0) is 17.2. The molecule has 0 radical (unpaired) electrons. The summed E-state index contributed by atoms with van der Waals surface area (Å²) in [7, 11) is 0. The van der Waals surface area contributed by atoms with Crippen LogP contribution >= 0.6 is 0 Å². The van der Waals surface area contributed by atoms with Gasteiger partial charge in [0.05, 0.1) is 5.56 Å². The first-order chi connectivity index (χ1) is 12.2. The van der Waals surface area contributed by atoms with Crippen LogP contribution in [0.25, 0.3) is 11.5 Å². The number of halogens is 1. The molecule has 3 aromatic rings. The molecule has 1 fully saturated rings. The average molecular weight is 337 g/mol. The summed E-state index contributed by atoms with van der Waals surface area (Å²) in [6.07, 6.45) is 0.336. The van der Waals surface area contributed by atoms with Crippen molar-refractivity contribution in [2.45, 2.75) is 18.9 Å². The summed E-state index contributed by atoms with van der Waals surface area (Å²) >= 11 is 0. The summed E-state index contributed by atoms with van der Waals surface area (Å²) in [6.45, 7) is 1.10. The molecule has 0 N–H and O–H groups in total. The Labute approximate surface area is 144 Å². The van der Waals surface area contributed by atoms with Gasteiger partial charge in [0.2, 0.25) is 5.91 Å². The van der Waals surface area contributed by atoms with Gasteiger partial charge in [-0.05, 0) is 17.7 Å². The van der Waals surface area contributed by atoms with Gasteiger partial charge in [0.25, 0.3) is 5.89 Å². The molecule has 0 saturated carbocycles. The second-order valence-corrected chi connectivity index (χ2v) is 6.10. The van der Waals surface area contributed by atoms with Crippen LogP contribution in [0.4, 0.5) is 4.39 Å². The largest absolute Gasteiger partial charge is 0.338 e. The number of hydrogen-bond acceptors (Lipinski definition) is 4. The van der Waals surface area contributed by atoms with Crippen molar-refractivity contribution in [2.24, 2.45) is 0 Å². The predicted octanol–water partition coefficient (Wildman–Crippen LogP) is 3.39. The number of aromatic nitrogens is 2. The normalized spacial score (nSPS) is 17.2. The molecule has 6 heteroatoms. The molecule has 0 spiro atoms. The predicted molar refractivity (Wildman–Crippen MR) is 88.9 cm³/mol. The van der Waals surface area contributed by atoms with Crippen LogP contribution in [0.1, 0.15) is 23.7 Å². The molecule has 1 aliphatic heterocycles. The molecule has 2 heterocycles. The molecule has 2 aromatic carbocycles. The molecule has 0 aliphatic carbocycles. The van der Waals surface area contributed by atoms with Crippen molar-refractivity contribution >= 4 is 5.91 Å². The maximum atomic E-state index is 13.8. The highest BCUT2D eigenvalue weighted by Gasteiger charge is 2.33. The zero-order valence-corrected chi connectivity index (χ0v) is 13.4. The van der Waals surface area contributed by atoms with Crippen LogP contribution in [-0.2, 0) is 11.3 Å². The summed E-state index contributed by atoms with van der Waals surface area (Å²) in [6, 6.07) is 16.1. The Morgan fingerprint density at radius 3 is 2.68 bits per heavy atom. The van der Waals surface area contributed by atoms with Crippen LogP contribution in [0.2, 0.25) is 0 Å². The number of carbonyl (C=O) groups is 1. The lowest BCUT2D eigenvalue weighted by Gasteiger charge is -2.15. The van der Waals surface area contributed by atoms with Gasteiger partial charge in [0.1, 0.15) is 5.82 Å². The highest BCUT2D eigenvalue weighted by molar-refractivity contribution is 5.79. The van der Waals surface area contributed by atoms with Crippen molar-refractivity contribution in [3.05, 3.63) is 71.8 Å². The van der Waals surface area contributed by atoms with Crippen molar-refractivity contribution in [3.63, 3.8) is 0 Å². The Bertz CT molecular complexity index is 894. The third-order valence-corrected chi connectivity index (χ3v) is 4.34. The summed E-state index contributed by atoms with van der Waals surface area (Å²) in [5.74, 6) is 0.0988. The molecule has 1 saturated heterocycles. The van der Waals surface area contributed by atoms with Crippen LogP contribution in [0, 0.1) is 5.82 Å². The van der Waals surface area contributed by atoms with E-state index in [9.17, 15) is 9.18 Å². The van der Waals surface area contributed by atoms with Gasteiger partial charge in [-0.25, -0.2) is 4.39 Å². The number of hydrogen-bond donors (Lipinski definition) is 0. The fourth-order valence-electron chi connectivity index (χ4n) is 3.05. The lowest BCUT2D eigenvalue weighted by Crippen LogP contribution is -2.24. The van der Waals surface area contributed by atoms with E-state index in [2.05, 4.69) is 10.1 Å². The second kappa shape index (κ2) is 6.47. The molecular formula is C19H16FN3O2. The van der Waals surface area contributed by atoms with E-state index in [-0.39, 0.29) is 23.3 Å². The highest BCUT2D eigenvalue weighted by atomic mass is 19.1. The fourth-order valence-corrected chi connectivity index (χ4v) is 3.05. The lowest BCUT2D eigenvalue weighted by molar-refractivity contribution is -0.128. The maximum Gasteiger partial charge on any atom is 0.260 e. The first kappa shape index (κ1) is 15.5. The van der Waals surface area contributed by atoms with E-state index < -0.39 is 5.82 Å². The molecule has 25 heavy (non-hydrogen) atoms. The summed E-state index contributed by atoms with van der Waals surface area (Å²) in [5, 5.41) is 3.96. The molecule has 1 aromatic heterocycles. The van der Waals surface area contributed by atoms with Crippen LogP contribution < -0.4 is 0 Å². The molecule has 1 aliphatic rings. The SMILES string of the molecule is O=C1C[C@H](c2noc(-c3ccccc3F)n2)CN1Cc1ccccc1. The van der Waals surface area contributed by atoms with Gasteiger partial charge in [0, 0.05) is 25.4 Å². The van der Waals surface area contributed by atoms with E-state index in [0.717, 1.165) is 5.56 Å². The summed E-state index contributed by atoms with van der Waals surface area (Å²) in [4.78, 5) is 18.4. The zero-order valence-electron chi connectivity index (χ0n) is 13.4. The average Bonchev–Trinajstić information content (AvgIpc) is 3.24. The quantitative estimate of drug-likeness (QED) is 0.732. The monoisotopic (exact) mass is 337 g/mol. The van der Waals surface area contributed by atoms with Crippen molar-refractivity contribution in [1.82, 2.24) is 15.0 Å². The van der Waals surface area contributed by atoms with E-state index in [1.807, 2.05) is 30.3 Å². The fraction of sp³-hybridized carbons (Fsp3) is 0.211. The molecule has 0 unspecified atom stereocenters. The number of rotatable bonds is 4. The molecule has 5 nitrogen and oxygen atoms in total. The maximum absolute atomic E-state index is 13.8. The number of benzene rings is 2. The van der Waals surface area contributed by atoms with Crippen molar-refractivity contribution in [3.8, 4) is 11.5 Å². The molecule has 126 valence electrons. The summed E-state index contributed by atoms with van der Waals surface area (Å²) < 4.78 is 19.0.